The zero-order valence-corrected chi connectivity index (χ0v) is 18.3. The molecule has 1 N–H and O–H groups in total. The average Bonchev–Trinajstić information content (AvgIpc) is 3.22. The number of imidazole rings is 1. The number of rotatable bonds is 7. The Kier molecular flexibility index (Phi) is 7.37. The van der Waals surface area contributed by atoms with Crippen molar-refractivity contribution < 1.29 is 22.7 Å². The van der Waals surface area contributed by atoms with Gasteiger partial charge in [-0.2, -0.15) is 13.2 Å². The second-order valence-electron chi connectivity index (χ2n) is 6.78. The van der Waals surface area contributed by atoms with Crippen molar-refractivity contribution in [1.82, 2.24) is 9.97 Å². The van der Waals surface area contributed by atoms with Crippen molar-refractivity contribution in [3.63, 3.8) is 0 Å². The monoisotopic (exact) mass is 495 g/mol. The van der Waals surface area contributed by atoms with Crippen molar-refractivity contribution in [2.45, 2.75) is 25.9 Å². The lowest BCUT2D eigenvalue weighted by Gasteiger charge is -2.17. The van der Waals surface area contributed by atoms with Crippen molar-refractivity contribution in [1.29, 1.82) is 0 Å². The second-order valence-corrected chi connectivity index (χ2v) is 7.70. The molecule has 0 saturated heterocycles. The van der Waals surface area contributed by atoms with E-state index < -0.39 is 18.7 Å². The molecule has 31 heavy (non-hydrogen) atoms. The summed E-state index contributed by atoms with van der Waals surface area (Å²) in [6.45, 7) is 1.68. The van der Waals surface area contributed by atoms with Gasteiger partial charge in [-0.3, -0.25) is 0 Å². The van der Waals surface area contributed by atoms with Crippen LogP contribution >= 0.6 is 15.9 Å². The van der Waals surface area contributed by atoms with Crippen LogP contribution in [0.25, 0.3) is 22.4 Å². The van der Waals surface area contributed by atoms with Gasteiger partial charge < -0.3 is 9.72 Å². The van der Waals surface area contributed by atoms with Crippen LogP contribution in [0.3, 0.4) is 0 Å². The summed E-state index contributed by atoms with van der Waals surface area (Å²) in [5.74, 6) is 0.273. The van der Waals surface area contributed by atoms with Crippen LogP contribution in [0.15, 0.2) is 59.2 Å². The minimum Gasteiger partial charge on any atom is -0.449 e. The minimum absolute atomic E-state index is 0.258. The average molecular weight is 496 g/mol. The van der Waals surface area contributed by atoms with Crippen molar-refractivity contribution in [3.8, 4) is 22.4 Å². The molecule has 2 aromatic carbocycles. The smallest absolute Gasteiger partial charge is 0.416 e. The van der Waals surface area contributed by atoms with Gasteiger partial charge in [-0.15, -0.1) is 0 Å². The first-order valence-corrected chi connectivity index (χ1v) is 10.5. The molecule has 0 aliphatic carbocycles. The summed E-state index contributed by atoms with van der Waals surface area (Å²) in [6.07, 6.45) is -4.67. The van der Waals surface area contributed by atoms with Gasteiger partial charge in [-0.25, -0.2) is 14.7 Å². The molecule has 0 radical (unpaired) electrons. The molecule has 0 unspecified atom stereocenters. The summed E-state index contributed by atoms with van der Waals surface area (Å²) in [6, 6.07) is 15.9. The van der Waals surface area contributed by atoms with E-state index in [1.165, 1.54) is 4.90 Å². The van der Waals surface area contributed by atoms with Gasteiger partial charge in [-0.1, -0.05) is 52.3 Å². The van der Waals surface area contributed by atoms with Crippen molar-refractivity contribution >= 4 is 28.0 Å². The van der Waals surface area contributed by atoms with Crippen LogP contribution in [0.2, 0.25) is 0 Å². The second kappa shape index (κ2) is 10.00. The number of anilines is 1. The predicted molar refractivity (Wildman–Crippen MR) is 117 cm³/mol. The van der Waals surface area contributed by atoms with Gasteiger partial charge in [0.05, 0.1) is 18.5 Å². The summed E-state index contributed by atoms with van der Waals surface area (Å²) in [4.78, 5) is 20.8. The minimum atomic E-state index is -4.26. The molecule has 0 aliphatic heterocycles. The summed E-state index contributed by atoms with van der Waals surface area (Å²) in [5, 5.41) is 0. The maximum Gasteiger partial charge on any atom is 0.416 e. The lowest BCUT2D eigenvalue weighted by molar-refractivity contribution is -0.137. The fourth-order valence-electron chi connectivity index (χ4n) is 2.95. The third kappa shape index (κ3) is 6.33. The van der Waals surface area contributed by atoms with Gasteiger partial charge in [0.2, 0.25) is 5.95 Å². The van der Waals surface area contributed by atoms with Gasteiger partial charge in [-0.05, 0) is 42.2 Å². The number of aromatic nitrogens is 2. The molecule has 1 aromatic heterocycles. The fraction of sp³-hybridized carbons (Fsp3) is 0.273. The van der Waals surface area contributed by atoms with Gasteiger partial charge in [0, 0.05) is 17.4 Å². The highest BCUT2D eigenvalue weighted by molar-refractivity contribution is 9.10. The fourth-order valence-corrected chi connectivity index (χ4v) is 3.22. The highest BCUT2D eigenvalue weighted by Gasteiger charge is 2.26. The molecule has 0 bridgehead atoms. The van der Waals surface area contributed by atoms with Gasteiger partial charge in [0.25, 0.3) is 0 Å². The number of ether oxygens (including phenoxy) is 1. The Labute approximate surface area is 186 Å². The van der Waals surface area contributed by atoms with Gasteiger partial charge >= 0.3 is 12.3 Å². The Balaban J connectivity index is 1.65. The predicted octanol–water partition coefficient (Wildman–Crippen LogP) is 6.81. The van der Waals surface area contributed by atoms with Crippen molar-refractivity contribution in [3.05, 3.63) is 59.2 Å². The Morgan fingerprint density at radius 2 is 1.65 bits per heavy atom. The number of nitrogens with one attached hydrogen (secondary N) is 1. The van der Waals surface area contributed by atoms with Crippen LogP contribution in [-0.4, -0.2) is 35.4 Å². The Bertz CT molecular complexity index is 1000. The van der Waals surface area contributed by atoms with E-state index in [0.717, 1.165) is 21.2 Å². The number of alkyl halides is 3. The third-order valence-corrected chi connectivity index (χ3v) is 5.09. The first kappa shape index (κ1) is 22.9. The van der Waals surface area contributed by atoms with E-state index in [-0.39, 0.29) is 25.5 Å². The molecule has 3 rings (SSSR count). The van der Waals surface area contributed by atoms with Crippen LogP contribution in [-0.2, 0) is 4.74 Å². The molecule has 9 heteroatoms. The highest BCUT2D eigenvalue weighted by Crippen LogP contribution is 2.26. The molecule has 0 aliphatic rings. The van der Waals surface area contributed by atoms with Crippen LogP contribution < -0.4 is 4.90 Å². The zero-order chi connectivity index (χ0) is 22.4. The number of halogens is 4. The van der Waals surface area contributed by atoms with Crippen molar-refractivity contribution in [2.24, 2.45) is 0 Å². The van der Waals surface area contributed by atoms with Crippen LogP contribution in [0.5, 0.6) is 0 Å². The number of amides is 1. The van der Waals surface area contributed by atoms with E-state index in [1.54, 1.807) is 13.1 Å². The standard InChI is InChI=1S/C22H21BrF3N3O2/c1-2-29(21(30)31-13-3-12-22(24,25)26)20-27-14-19(28-20)17-6-4-15(5-7-17)16-8-10-18(23)11-9-16/h4-11,14H,2-3,12-13H2,1H3,(H,27,28). The van der Waals surface area contributed by atoms with Gasteiger partial charge in [0.1, 0.15) is 0 Å². The molecule has 1 heterocycles. The molecule has 1 amide bonds. The molecule has 5 nitrogen and oxygen atoms in total. The van der Waals surface area contributed by atoms with Gasteiger partial charge in [0.15, 0.2) is 0 Å². The van der Waals surface area contributed by atoms with E-state index in [4.69, 9.17) is 4.74 Å². The number of nitrogens with zero attached hydrogens (tertiary/aromatic N) is 2. The van der Waals surface area contributed by atoms with E-state index in [1.807, 2.05) is 48.5 Å². The van der Waals surface area contributed by atoms with Crippen LogP contribution in [0.1, 0.15) is 19.8 Å². The Morgan fingerprint density at radius 3 is 2.23 bits per heavy atom. The molecule has 0 atom stereocenters. The molecule has 0 fully saturated rings. The van der Waals surface area contributed by atoms with E-state index in [2.05, 4.69) is 25.9 Å². The lowest BCUT2D eigenvalue weighted by atomic mass is 10.0. The largest absolute Gasteiger partial charge is 0.449 e. The number of hydrogen-bond donors (Lipinski definition) is 1. The first-order chi connectivity index (χ1) is 14.8. The molecule has 0 spiro atoms. The van der Waals surface area contributed by atoms with Crippen molar-refractivity contribution in [2.75, 3.05) is 18.1 Å². The summed E-state index contributed by atoms with van der Waals surface area (Å²) >= 11 is 3.42. The molecule has 164 valence electrons. The number of aromatic amines is 1. The van der Waals surface area contributed by atoms with E-state index in [9.17, 15) is 18.0 Å². The SMILES string of the molecule is CCN(C(=O)OCCCC(F)(F)F)c1ncc(-c2ccc(-c3ccc(Br)cc3)cc2)[nH]1. The topological polar surface area (TPSA) is 58.2 Å². The maximum atomic E-state index is 12.2. The number of benzene rings is 2. The van der Waals surface area contributed by atoms with E-state index in [0.29, 0.717) is 5.69 Å². The Morgan fingerprint density at radius 1 is 1.06 bits per heavy atom. The maximum absolute atomic E-state index is 12.2. The first-order valence-electron chi connectivity index (χ1n) is 9.69. The molecule has 3 aromatic rings. The molecular weight excluding hydrogens is 475 g/mol. The molecule has 0 saturated carbocycles. The number of H-pyrrole nitrogens is 1. The van der Waals surface area contributed by atoms with E-state index >= 15 is 0 Å². The number of hydrogen-bond acceptors (Lipinski definition) is 3. The quantitative estimate of drug-likeness (QED) is 0.366. The Hall–Kier alpha value is -2.81. The lowest BCUT2D eigenvalue weighted by Crippen LogP contribution is -2.32. The highest BCUT2D eigenvalue weighted by atomic mass is 79.9. The number of carbonyl (C=O) groups excluding carboxylic acids is 1. The zero-order valence-electron chi connectivity index (χ0n) is 16.7. The number of carbonyl (C=O) groups is 1. The third-order valence-electron chi connectivity index (χ3n) is 4.56. The van der Waals surface area contributed by atoms with Crippen LogP contribution in [0.4, 0.5) is 23.9 Å². The summed E-state index contributed by atoms with van der Waals surface area (Å²) < 4.78 is 42.6. The summed E-state index contributed by atoms with van der Waals surface area (Å²) in [5.41, 5.74) is 3.74. The summed E-state index contributed by atoms with van der Waals surface area (Å²) in [7, 11) is 0. The molecular formula is C22H21BrF3N3O2. The van der Waals surface area contributed by atoms with Crippen LogP contribution in [0, 0.1) is 0 Å². The normalized spacial score (nSPS) is 11.4.